The summed E-state index contributed by atoms with van der Waals surface area (Å²) in [6, 6.07) is -0.174. The molecule has 1 aromatic heterocycles. The first-order valence-corrected chi connectivity index (χ1v) is 9.06. The third kappa shape index (κ3) is 3.60. The number of carbonyl (C=O) groups is 2. The van der Waals surface area contributed by atoms with E-state index in [2.05, 4.69) is 27.5 Å². The van der Waals surface area contributed by atoms with Gasteiger partial charge < -0.3 is 26.3 Å². The van der Waals surface area contributed by atoms with E-state index in [1.165, 1.54) is 12.3 Å². The second-order valence-electron chi connectivity index (χ2n) is 6.66. The zero-order valence-electron chi connectivity index (χ0n) is 15.6. The molecule has 3 heterocycles. The zero-order chi connectivity index (χ0) is 20.3. The van der Waals surface area contributed by atoms with Gasteiger partial charge in [-0.15, -0.1) is 0 Å². The molecule has 1 fully saturated rings. The van der Waals surface area contributed by atoms with Gasteiger partial charge in [0.25, 0.3) is 5.91 Å². The van der Waals surface area contributed by atoms with Crippen LogP contribution in [0, 0.1) is 11.2 Å². The molecule has 1 unspecified atom stereocenters. The second kappa shape index (κ2) is 8.20. The van der Waals surface area contributed by atoms with E-state index in [4.69, 9.17) is 5.41 Å². The minimum absolute atomic E-state index is 0.0204. The Morgan fingerprint density at radius 2 is 2.29 bits per heavy atom. The lowest BCUT2D eigenvalue weighted by Crippen LogP contribution is -2.44. The third-order valence-corrected chi connectivity index (χ3v) is 4.87. The molecule has 0 saturated carbocycles. The Labute approximate surface area is 162 Å². The molecule has 148 valence electrons. The molecule has 0 radical (unpaired) electrons. The van der Waals surface area contributed by atoms with Gasteiger partial charge in [0.2, 0.25) is 5.91 Å². The Bertz CT molecular complexity index is 866. The Morgan fingerprint density at radius 3 is 2.96 bits per heavy atom. The van der Waals surface area contributed by atoms with Crippen LogP contribution in [0.25, 0.3) is 5.57 Å². The number of nitrogens with zero attached hydrogens (tertiary/aromatic N) is 2. The smallest absolute Gasteiger partial charge is 0.254 e. The fraction of sp³-hybridized carbons (Fsp3) is 0.368. The lowest BCUT2D eigenvalue weighted by molar-refractivity contribution is -0.127. The third-order valence-electron chi connectivity index (χ3n) is 4.87. The topological polar surface area (TPSA) is 110 Å². The van der Waals surface area contributed by atoms with Crippen molar-refractivity contribution in [3.05, 3.63) is 41.5 Å². The molecule has 2 amide bonds. The zero-order valence-corrected chi connectivity index (χ0v) is 15.6. The highest BCUT2D eigenvalue weighted by Crippen LogP contribution is 2.30. The van der Waals surface area contributed by atoms with Crippen LogP contribution in [0.5, 0.6) is 0 Å². The molecular weight excluding hydrogens is 363 g/mol. The summed E-state index contributed by atoms with van der Waals surface area (Å²) in [6.07, 6.45) is 5.41. The van der Waals surface area contributed by atoms with Gasteiger partial charge in [-0.3, -0.25) is 9.59 Å². The van der Waals surface area contributed by atoms with E-state index < -0.39 is 11.7 Å². The van der Waals surface area contributed by atoms with E-state index in [1.807, 2.05) is 0 Å². The SMILES string of the molecule is C=CC(=O)N1CCCC(Nc2nc(/C(C=N)=C/NC)c3c(c2F)CNC3=O)C1. The predicted molar refractivity (Wildman–Crippen MR) is 105 cm³/mol. The van der Waals surface area contributed by atoms with E-state index in [0.29, 0.717) is 18.7 Å². The molecule has 1 aromatic rings. The fourth-order valence-electron chi connectivity index (χ4n) is 3.54. The quantitative estimate of drug-likeness (QED) is 0.435. The summed E-state index contributed by atoms with van der Waals surface area (Å²) < 4.78 is 15.1. The van der Waals surface area contributed by atoms with Crippen molar-refractivity contribution in [2.45, 2.75) is 25.4 Å². The molecular formula is C19H23FN6O2. The molecule has 28 heavy (non-hydrogen) atoms. The number of hydrogen-bond acceptors (Lipinski definition) is 6. The number of rotatable bonds is 6. The molecule has 1 saturated heterocycles. The molecule has 9 heteroatoms. The van der Waals surface area contributed by atoms with Gasteiger partial charge in [-0.1, -0.05) is 6.58 Å². The summed E-state index contributed by atoms with van der Waals surface area (Å²) in [4.78, 5) is 30.1. The first-order chi connectivity index (χ1) is 13.5. The molecule has 2 aliphatic rings. The van der Waals surface area contributed by atoms with Gasteiger partial charge in [0.15, 0.2) is 11.6 Å². The van der Waals surface area contributed by atoms with Crippen LogP contribution in [0.15, 0.2) is 18.9 Å². The number of hydrogen-bond donors (Lipinski definition) is 4. The van der Waals surface area contributed by atoms with E-state index in [1.54, 1.807) is 11.9 Å². The van der Waals surface area contributed by atoms with E-state index in [9.17, 15) is 9.59 Å². The summed E-state index contributed by atoms with van der Waals surface area (Å²) in [5.41, 5.74) is 0.996. The van der Waals surface area contributed by atoms with Gasteiger partial charge in [0.05, 0.1) is 11.3 Å². The Balaban J connectivity index is 1.97. The first-order valence-electron chi connectivity index (χ1n) is 9.06. The lowest BCUT2D eigenvalue weighted by atomic mass is 10.0. The number of pyridine rings is 1. The van der Waals surface area contributed by atoms with Gasteiger partial charge >= 0.3 is 0 Å². The second-order valence-corrected chi connectivity index (χ2v) is 6.66. The van der Waals surface area contributed by atoms with E-state index in [-0.39, 0.29) is 41.1 Å². The van der Waals surface area contributed by atoms with Gasteiger partial charge in [-0.25, -0.2) is 9.37 Å². The number of halogens is 1. The number of likely N-dealkylation sites (tertiary alicyclic amines) is 1. The number of piperidine rings is 1. The lowest BCUT2D eigenvalue weighted by Gasteiger charge is -2.33. The van der Waals surface area contributed by atoms with Gasteiger partial charge in [-0.2, -0.15) is 0 Å². The highest BCUT2D eigenvalue weighted by Gasteiger charge is 2.32. The van der Waals surface area contributed by atoms with Gasteiger partial charge in [0, 0.05) is 56.3 Å². The fourth-order valence-corrected chi connectivity index (χ4v) is 3.54. The molecule has 1 atom stereocenters. The number of allylic oxidation sites excluding steroid dienone is 1. The number of aromatic nitrogens is 1. The molecule has 8 nitrogen and oxygen atoms in total. The summed E-state index contributed by atoms with van der Waals surface area (Å²) in [5.74, 6) is -1.13. The molecule has 0 spiro atoms. The van der Waals surface area contributed by atoms with Crippen LogP contribution in [-0.4, -0.2) is 54.1 Å². The Kier molecular flexibility index (Phi) is 5.72. The van der Waals surface area contributed by atoms with Crippen molar-refractivity contribution >= 4 is 29.4 Å². The van der Waals surface area contributed by atoms with Crippen molar-refractivity contribution in [1.82, 2.24) is 20.5 Å². The van der Waals surface area contributed by atoms with Crippen LogP contribution in [-0.2, 0) is 11.3 Å². The van der Waals surface area contributed by atoms with Crippen molar-refractivity contribution in [2.75, 3.05) is 25.5 Å². The van der Waals surface area contributed by atoms with Crippen LogP contribution >= 0.6 is 0 Å². The number of amides is 2. The normalized spacial score (nSPS) is 18.9. The molecule has 2 aliphatic heterocycles. The molecule has 0 bridgehead atoms. The standard InChI is InChI=1S/C19H23FN6O2/c1-3-14(27)26-6-4-5-12(10-26)24-18-16(20)13-9-23-19(28)15(13)17(25-18)11(7-21)8-22-2/h3,7-8,12,21-22H,1,4-6,9-10H2,2H3,(H,23,28)(H,24,25)/b11-8+,21-7?. The Morgan fingerprint density at radius 1 is 1.50 bits per heavy atom. The monoisotopic (exact) mass is 386 g/mol. The van der Waals surface area contributed by atoms with Crippen molar-refractivity contribution in [3.8, 4) is 0 Å². The van der Waals surface area contributed by atoms with Crippen LogP contribution < -0.4 is 16.0 Å². The van der Waals surface area contributed by atoms with Crippen molar-refractivity contribution in [2.24, 2.45) is 0 Å². The number of fused-ring (bicyclic) bond motifs is 1. The maximum Gasteiger partial charge on any atom is 0.254 e. The largest absolute Gasteiger partial charge is 0.393 e. The van der Waals surface area contributed by atoms with Crippen molar-refractivity contribution in [1.29, 1.82) is 5.41 Å². The minimum Gasteiger partial charge on any atom is -0.393 e. The Hall–Kier alpha value is -3.23. The van der Waals surface area contributed by atoms with E-state index >= 15 is 4.39 Å². The average molecular weight is 386 g/mol. The van der Waals surface area contributed by atoms with Crippen LogP contribution in [0.3, 0.4) is 0 Å². The number of anilines is 1. The summed E-state index contributed by atoms with van der Waals surface area (Å²) in [5, 5.41) is 16.1. The maximum atomic E-state index is 15.1. The average Bonchev–Trinajstić information content (AvgIpc) is 3.10. The first kappa shape index (κ1) is 19.5. The van der Waals surface area contributed by atoms with Gasteiger partial charge in [-0.05, 0) is 18.9 Å². The minimum atomic E-state index is -0.585. The van der Waals surface area contributed by atoms with E-state index in [0.717, 1.165) is 19.1 Å². The highest BCUT2D eigenvalue weighted by molar-refractivity contribution is 6.13. The van der Waals surface area contributed by atoms with Crippen LogP contribution in [0.1, 0.15) is 34.5 Å². The summed E-state index contributed by atoms with van der Waals surface area (Å²) >= 11 is 0. The van der Waals surface area contributed by atoms with Gasteiger partial charge in [0.1, 0.15) is 0 Å². The van der Waals surface area contributed by atoms with Crippen LogP contribution in [0.4, 0.5) is 10.2 Å². The highest BCUT2D eigenvalue weighted by atomic mass is 19.1. The van der Waals surface area contributed by atoms with Crippen LogP contribution in [0.2, 0.25) is 0 Å². The van der Waals surface area contributed by atoms with Crippen molar-refractivity contribution in [3.63, 3.8) is 0 Å². The van der Waals surface area contributed by atoms with Crippen molar-refractivity contribution < 1.29 is 14.0 Å². The molecule has 3 rings (SSSR count). The summed E-state index contributed by atoms with van der Waals surface area (Å²) in [6.45, 7) is 4.63. The molecule has 0 aliphatic carbocycles. The number of carbonyl (C=O) groups excluding carboxylic acids is 2. The number of nitrogens with one attached hydrogen (secondary N) is 4. The maximum absolute atomic E-state index is 15.1. The summed E-state index contributed by atoms with van der Waals surface area (Å²) in [7, 11) is 1.67. The molecule has 0 aromatic carbocycles. The molecule has 4 N–H and O–H groups in total. The predicted octanol–water partition coefficient (Wildman–Crippen LogP) is 1.26.